The zero-order valence-electron chi connectivity index (χ0n) is 9.12. The summed E-state index contributed by atoms with van der Waals surface area (Å²) in [6, 6.07) is 4.00. The predicted molar refractivity (Wildman–Crippen MR) is 65.2 cm³/mol. The van der Waals surface area contributed by atoms with Crippen molar-refractivity contribution in [3.8, 4) is 0 Å². The van der Waals surface area contributed by atoms with Crippen LogP contribution in [-0.4, -0.2) is 23.7 Å². The van der Waals surface area contributed by atoms with E-state index in [4.69, 9.17) is 0 Å². The Morgan fingerprint density at radius 2 is 2.24 bits per heavy atom. The molecule has 1 aliphatic rings. The molecule has 3 nitrogen and oxygen atoms in total. The van der Waals surface area contributed by atoms with Gasteiger partial charge in [0.1, 0.15) is 5.82 Å². The van der Waals surface area contributed by atoms with E-state index in [2.05, 4.69) is 21.2 Å². The Bertz CT molecular complexity index is 414. The third kappa shape index (κ3) is 3.51. The molecular formula is C12H13BrFNO2. The van der Waals surface area contributed by atoms with Gasteiger partial charge in [0.05, 0.1) is 6.10 Å². The lowest BCUT2D eigenvalue weighted by Gasteiger charge is -2.10. The summed E-state index contributed by atoms with van der Waals surface area (Å²) in [5.41, 5.74) is 0.250. The molecule has 5 heteroatoms. The lowest BCUT2D eigenvalue weighted by molar-refractivity contribution is 0.0900. The first-order chi connectivity index (χ1) is 8.06. The van der Waals surface area contributed by atoms with E-state index in [1.54, 1.807) is 6.07 Å². The molecule has 2 N–H and O–H groups in total. The molecule has 17 heavy (non-hydrogen) atoms. The first-order valence-electron chi connectivity index (χ1n) is 5.48. The van der Waals surface area contributed by atoms with Crippen molar-refractivity contribution in [3.05, 3.63) is 34.1 Å². The summed E-state index contributed by atoms with van der Waals surface area (Å²) in [5, 5.41) is 12.2. The smallest absolute Gasteiger partial charge is 0.251 e. The van der Waals surface area contributed by atoms with Gasteiger partial charge in [0.25, 0.3) is 5.91 Å². The maximum absolute atomic E-state index is 13.1. The van der Waals surface area contributed by atoms with E-state index in [-0.39, 0.29) is 18.0 Å². The molecule has 0 heterocycles. The van der Waals surface area contributed by atoms with Gasteiger partial charge in [-0.15, -0.1) is 0 Å². The van der Waals surface area contributed by atoms with E-state index < -0.39 is 11.9 Å². The maximum Gasteiger partial charge on any atom is 0.251 e. The van der Waals surface area contributed by atoms with Crippen LogP contribution in [0.2, 0.25) is 0 Å². The minimum atomic E-state index is -0.490. The van der Waals surface area contributed by atoms with Gasteiger partial charge in [-0.1, -0.05) is 15.9 Å². The summed E-state index contributed by atoms with van der Waals surface area (Å²) in [6.45, 7) is 0.220. The first kappa shape index (κ1) is 12.5. The van der Waals surface area contributed by atoms with E-state index in [1.807, 2.05) is 0 Å². The number of carbonyl (C=O) groups excluding carboxylic acids is 1. The molecule has 0 bridgehead atoms. The van der Waals surface area contributed by atoms with Gasteiger partial charge in [-0.05, 0) is 37.0 Å². The van der Waals surface area contributed by atoms with E-state index in [1.165, 1.54) is 12.1 Å². The van der Waals surface area contributed by atoms with Crippen LogP contribution < -0.4 is 5.32 Å². The average molecular weight is 302 g/mol. The van der Waals surface area contributed by atoms with Crippen molar-refractivity contribution in [1.29, 1.82) is 0 Å². The van der Waals surface area contributed by atoms with Gasteiger partial charge in [0.2, 0.25) is 0 Å². The molecule has 1 aliphatic carbocycles. The fourth-order valence-electron chi connectivity index (χ4n) is 1.63. The number of aliphatic hydroxyl groups excluding tert-OH is 1. The molecule has 1 aromatic carbocycles. The van der Waals surface area contributed by atoms with Gasteiger partial charge < -0.3 is 10.4 Å². The molecule has 1 atom stereocenters. The first-order valence-corrected chi connectivity index (χ1v) is 6.28. The molecular weight excluding hydrogens is 289 g/mol. The number of halogens is 2. The molecule has 0 radical (unpaired) electrons. The van der Waals surface area contributed by atoms with Crippen molar-refractivity contribution in [2.75, 3.05) is 6.54 Å². The molecule has 1 saturated carbocycles. The van der Waals surface area contributed by atoms with Crippen LogP contribution in [0, 0.1) is 11.7 Å². The third-order valence-electron chi connectivity index (χ3n) is 2.76. The number of hydrogen-bond acceptors (Lipinski definition) is 2. The van der Waals surface area contributed by atoms with Gasteiger partial charge in [-0.2, -0.15) is 0 Å². The molecule has 1 fully saturated rings. The Kier molecular flexibility index (Phi) is 3.79. The summed E-state index contributed by atoms with van der Waals surface area (Å²) in [7, 11) is 0. The summed E-state index contributed by atoms with van der Waals surface area (Å²) in [5.74, 6) is -0.522. The number of rotatable bonds is 4. The fraction of sp³-hybridized carbons (Fsp3) is 0.417. The second kappa shape index (κ2) is 5.14. The molecule has 92 valence electrons. The monoisotopic (exact) mass is 301 g/mol. The van der Waals surface area contributed by atoms with Crippen molar-refractivity contribution >= 4 is 21.8 Å². The highest BCUT2D eigenvalue weighted by Gasteiger charge is 2.29. The highest BCUT2D eigenvalue weighted by Crippen LogP contribution is 2.32. The Balaban J connectivity index is 1.94. The van der Waals surface area contributed by atoms with Crippen LogP contribution in [0.1, 0.15) is 23.2 Å². The van der Waals surface area contributed by atoms with Crippen molar-refractivity contribution in [2.45, 2.75) is 18.9 Å². The second-order valence-electron chi connectivity index (χ2n) is 4.27. The number of nitrogens with one attached hydrogen (secondary N) is 1. The zero-order chi connectivity index (χ0) is 12.4. The summed E-state index contributed by atoms with van der Waals surface area (Å²) < 4.78 is 13.6. The largest absolute Gasteiger partial charge is 0.391 e. The fourth-order valence-corrected chi connectivity index (χ4v) is 2.10. The van der Waals surface area contributed by atoms with Crippen LogP contribution in [-0.2, 0) is 0 Å². The van der Waals surface area contributed by atoms with E-state index in [0.717, 1.165) is 12.8 Å². The Hall–Kier alpha value is -0.940. The Labute approximate surface area is 107 Å². The lowest BCUT2D eigenvalue weighted by atomic mass is 10.2. The average Bonchev–Trinajstić information content (AvgIpc) is 3.07. The zero-order valence-corrected chi connectivity index (χ0v) is 10.7. The minimum Gasteiger partial charge on any atom is -0.391 e. The van der Waals surface area contributed by atoms with Crippen molar-refractivity contribution in [3.63, 3.8) is 0 Å². The molecule has 1 unspecified atom stereocenters. The highest BCUT2D eigenvalue weighted by atomic mass is 79.9. The predicted octanol–water partition coefficient (Wildman–Crippen LogP) is 2.09. The van der Waals surface area contributed by atoms with Crippen LogP contribution in [0.5, 0.6) is 0 Å². The molecule has 2 rings (SSSR count). The van der Waals surface area contributed by atoms with E-state index >= 15 is 0 Å². The molecule has 1 amide bonds. The normalized spacial score (nSPS) is 16.6. The topological polar surface area (TPSA) is 49.3 Å². The molecule has 0 spiro atoms. The van der Waals surface area contributed by atoms with E-state index in [0.29, 0.717) is 10.4 Å². The molecule has 1 aromatic rings. The Morgan fingerprint density at radius 3 is 2.82 bits per heavy atom. The number of amides is 1. The van der Waals surface area contributed by atoms with Gasteiger partial charge in [0.15, 0.2) is 0 Å². The SMILES string of the molecule is O=C(NCC(O)C1CC1)c1cc(F)cc(Br)c1. The van der Waals surface area contributed by atoms with Gasteiger partial charge in [0, 0.05) is 16.6 Å². The molecule has 0 aliphatic heterocycles. The highest BCUT2D eigenvalue weighted by molar-refractivity contribution is 9.10. The molecule has 0 saturated heterocycles. The number of benzene rings is 1. The van der Waals surface area contributed by atoms with Crippen LogP contribution in [0.25, 0.3) is 0 Å². The lowest BCUT2D eigenvalue weighted by Crippen LogP contribution is -2.33. The third-order valence-corrected chi connectivity index (χ3v) is 3.22. The molecule has 0 aromatic heterocycles. The van der Waals surface area contributed by atoms with Crippen molar-refractivity contribution in [2.24, 2.45) is 5.92 Å². The summed E-state index contributed by atoms with van der Waals surface area (Å²) in [6.07, 6.45) is 1.54. The van der Waals surface area contributed by atoms with Crippen molar-refractivity contribution in [1.82, 2.24) is 5.32 Å². The van der Waals surface area contributed by atoms with Gasteiger partial charge >= 0.3 is 0 Å². The van der Waals surface area contributed by atoms with Crippen LogP contribution >= 0.6 is 15.9 Å². The quantitative estimate of drug-likeness (QED) is 0.895. The number of aliphatic hydroxyl groups is 1. The summed E-state index contributed by atoms with van der Waals surface area (Å²) in [4.78, 5) is 11.7. The van der Waals surface area contributed by atoms with E-state index in [9.17, 15) is 14.3 Å². The van der Waals surface area contributed by atoms with Crippen LogP contribution in [0.3, 0.4) is 0 Å². The number of carbonyl (C=O) groups is 1. The minimum absolute atomic E-state index is 0.220. The Morgan fingerprint density at radius 1 is 1.53 bits per heavy atom. The van der Waals surface area contributed by atoms with Crippen LogP contribution in [0.4, 0.5) is 4.39 Å². The number of hydrogen-bond donors (Lipinski definition) is 2. The maximum atomic E-state index is 13.1. The van der Waals surface area contributed by atoms with Gasteiger partial charge in [-0.3, -0.25) is 4.79 Å². The second-order valence-corrected chi connectivity index (χ2v) is 5.19. The van der Waals surface area contributed by atoms with Crippen LogP contribution in [0.15, 0.2) is 22.7 Å². The van der Waals surface area contributed by atoms with Gasteiger partial charge in [-0.25, -0.2) is 4.39 Å². The summed E-state index contributed by atoms with van der Waals surface area (Å²) >= 11 is 3.13. The standard InChI is InChI=1S/C12H13BrFNO2/c13-9-3-8(4-10(14)5-9)12(17)15-6-11(16)7-1-2-7/h3-5,7,11,16H,1-2,6H2,(H,15,17). The van der Waals surface area contributed by atoms with Crippen molar-refractivity contribution < 1.29 is 14.3 Å².